The fourth-order valence-corrected chi connectivity index (χ4v) is 3.86. The Bertz CT molecular complexity index is 666. The minimum Gasteiger partial charge on any atom is -0.490 e. The van der Waals surface area contributed by atoms with Crippen molar-refractivity contribution in [2.45, 2.75) is 52.1 Å². The van der Waals surface area contributed by atoms with Crippen molar-refractivity contribution >= 4 is 29.9 Å². The molecule has 1 heterocycles. The first-order valence-corrected chi connectivity index (χ1v) is 10.7. The van der Waals surface area contributed by atoms with E-state index in [1.807, 2.05) is 27.0 Å². The molecule has 6 nitrogen and oxygen atoms in total. The SMILES string of the molecule is CCOc1ccc(C(C)NC(=NC)NCC2CCN(C3CC3)C2)cc1OCC.I. The lowest BCUT2D eigenvalue weighted by Crippen LogP contribution is -2.41. The Morgan fingerprint density at radius 3 is 2.55 bits per heavy atom. The first-order valence-electron chi connectivity index (χ1n) is 10.7. The zero-order valence-electron chi connectivity index (χ0n) is 18.2. The monoisotopic (exact) mass is 516 g/mol. The molecule has 1 saturated heterocycles. The van der Waals surface area contributed by atoms with E-state index in [0.717, 1.165) is 35.6 Å². The van der Waals surface area contributed by atoms with Gasteiger partial charge in [0.1, 0.15) is 0 Å². The number of hydrogen-bond acceptors (Lipinski definition) is 4. The van der Waals surface area contributed by atoms with Crippen molar-refractivity contribution in [3.8, 4) is 11.5 Å². The summed E-state index contributed by atoms with van der Waals surface area (Å²) in [4.78, 5) is 7.06. The maximum atomic E-state index is 5.76. The number of aliphatic imine (C=N–C) groups is 1. The van der Waals surface area contributed by atoms with E-state index in [9.17, 15) is 0 Å². The number of rotatable bonds is 9. The first kappa shape index (κ1) is 24.1. The Hall–Kier alpha value is -1.22. The van der Waals surface area contributed by atoms with Crippen LogP contribution in [0.3, 0.4) is 0 Å². The van der Waals surface area contributed by atoms with Gasteiger partial charge in [0.05, 0.1) is 19.3 Å². The second kappa shape index (κ2) is 11.8. The van der Waals surface area contributed by atoms with Crippen LogP contribution in [0.4, 0.5) is 0 Å². The van der Waals surface area contributed by atoms with Crippen LogP contribution in [0, 0.1) is 5.92 Å². The number of halogens is 1. The molecule has 0 aromatic heterocycles. The average Bonchev–Trinajstić information content (AvgIpc) is 3.45. The average molecular weight is 516 g/mol. The normalized spacial score (nSPS) is 20.7. The maximum absolute atomic E-state index is 5.76. The molecule has 0 bridgehead atoms. The standard InChI is InChI=1S/C22H36N4O2.HI/c1-5-27-20-10-7-18(13-21(20)28-6-2)16(3)25-22(23-4)24-14-17-11-12-26(15-17)19-8-9-19;/h7,10,13,16-17,19H,5-6,8-9,11-12,14-15H2,1-4H3,(H2,23,24,25);1H. The van der Waals surface area contributed by atoms with Gasteiger partial charge in [0, 0.05) is 26.2 Å². The molecule has 2 fully saturated rings. The quantitative estimate of drug-likeness (QED) is 0.297. The lowest BCUT2D eigenvalue weighted by atomic mass is 10.1. The highest BCUT2D eigenvalue weighted by molar-refractivity contribution is 14.0. The van der Waals surface area contributed by atoms with Gasteiger partial charge in [-0.1, -0.05) is 6.07 Å². The molecule has 1 aliphatic carbocycles. The summed E-state index contributed by atoms with van der Waals surface area (Å²) in [6.07, 6.45) is 4.08. The van der Waals surface area contributed by atoms with Gasteiger partial charge in [-0.2, -0.15) is 0 Å². The van der Waals surface area contributed by atoms with Gasteiger partial charge in [-0.3, -0.25) is 4.99 Å². The summed E-state index contributed by atoms with van der Waals surface area (Å²) in [6.45, 7) is 10.8. The molecule has 2 N–H and O–H groups in total. The third-order valence-electron chi connectivity index (χ3n) is 5.58. The predicted octanol–water partition coefficient (Wildman–Crippen LogP) is 3.81. The molecule has 7 heteroatoms. The molecule has 0 amide bonds. The third-order valence-corrected chi connectivity index (χ3v) is 5.58. The number of benzene rings is 1. The van der Waals surface area contributed by atoms with E-state index < -0.39 is 0 Å². The molecule has 1 saturated carbocycles. The zero-order valence-corrected chi connectivity index (χ0v) is 20.6. The van der Waals surface area contributed by atoms with Crippen LogP contribution >= 0.6 is 24.0 Å². The summed E-state index contributed by atoms with van der Waals surface area (Å²) in [5, 5.41) is 7.02. The first-order chi connectivity index (χ1) is 13.6. The van der Waals surface area contributed by atoms with E-state index in [2.05, 4.69) is 39.6 Å². The zero-order chi connectivity index (χ0) is 19.9. The summed E-state index contributed by atoms with van der Waals surface area (Å²) < 4.78 is 11.4. The third kappa shape index (κ3) is 6.91. The lowest BCUT2D eigenvalue weighted by molar-refractivity contribution is 0.287. The van der Waals surface area contributed by atoms with Crippen LogP contribution < -0.4 is 20.1 Å². The van der Waals surface area contributed by atoms with Crippen molar-refractivity contribution in [3.05, 3.63) is 23.8 Å². The largest absolute Gasteiger partial charge is 0.490 e. The van der Waals surface area contributed by atoms with Gasteiger partial charge in [0.25, 0.3) is 0 Å². The summed E-state index contributed by atoms with van der Waals surface area (Å²) in [5.74, 6) is 3.16. The molecule has 1 aliphatic heterocycles. The van der Waals surface area contributed by atoms with E-state index in [1.54, 1.807) is 0 Å². The smallest absolute Gasteiger partial charge is 0.191 e. The molecule has 1 aromatic carbocycles. The van der Waals surface area contributed by atoms with Gasteiger partial charge in [-0.05, 0) is 70.2 Å². The van der Waals surface area contributed by atoms with Gasteiger partial charge >= 0.3 is 0 Å². The number of likely N-dealkylation sites (tertiary alicyclic amines) is 1. The molecule has 0 radical (unpaired) electrons. The summed E-state index contributed by atoms with van der Waals surface area (Å²) >= 11 is 0. The number of nitrogens with zero attached hydrogens (tertiary/aromatic N) is 2. The van der Waals surface area contributed by atoms with Crippen LogP contribution in [0.1, 0.15) is 51.6 Å². The molecule has 2 atom stereocenters. The Balaban J connectivity index is 0.00000300. The van der Waals surface area contributed by atoms with Crippen molar-refractivity contribution in [1.29, 1.82) is 0 Å². The minimum absolute atomic E-state index is 0. The Morgan fingerprint density at radius 1 is 1.17 bits per heavy atom. The van der Waals surface area contributed by atoms with E-state index in [-0.39, 0.29) is 30.0 Å². The Labute approximate surface area is 192 Å². The number of hydrogen-bond donors (Lipinski definition) is 2. The maximum Gasteiger partial charge on any atom is 0.191 e. The van der Waals surface area contributed by atoms with Gasteiger partial charge in [0.2, 0.25) is 0 Å². The fourth-order valence-electron chi connectivity index (χ4n) is 3.86. The van der Waals surface area contributed by atoms with E-state index in [4.69, 9.17) is 9.47 Å². The highest BCUT2D eigenvalue weighted by atomic mass is 127. The van der Waals surface area contributed by atoms with Gasteiger partial charge in [-0.25, -0.2) is 0 Å². The van der Waals surface area contributed by atoms with Gasteiger partial charge in [-0.15, -0.1) is 24.0 Å². The van der Waals surface area contributed by atoms with Crippen molar-refractivity contribution in [2.75, 3.05) is 39.9 Å². The molecule has 29 heavy (non-hydrogen) atoms. The second-order valence-electron chi connectivity index (χ2n) is 7.77. The predicted molar refractivity (Wildman–Crippen MR) is 130 cm³/mol. The molecule has 1 aromatic rings. The highest BCUT2D eigenvalue weighted by Gasteiger charge is 2.34. The molecule has 164 valence electrons. The van der Waals surface area contributed by atoms with Crippen LogP contribution in [0.15, 0.2) is 23.2 Å². The van der Waals surface area contributed by atoms with Crippen molar-refractivity contribution < 1.29 is 9.47 Å². The molecule has 0 spiro atoms. The number of ether oxygens (including phenoxy) is 2. The van der Waals surface area contributed by atoms with Crippen LogP contribution in [-0.2, 0) is 0 Å². The van der Waals surface area contributed by atoms with Crippen molar-refractivity contribution in [2.24, 2.45) is 10.9 Å². The summed E-state index contributed by atoms with van der Waals surface area (Å²) in [5.41, 5.74) is 1.15. The van der Waals surface area contributed by atoms with E-state index in [0.29, 0.717) is 19.1 Å². The van der Waals surface area contributed by atoms with Gasteiger partial charge in [0.15, 0.2) is 17.5 Å². The van der Waals surface area contributed by atoms with E-state index in [1.165, 1.54) is 32.4 Å². The topological polar surface area (TPSA) is 58.1 Å². The number of nitrogens with one attached hydrogen (secondary N) is 2. The molecule has 2 unspecified atom stereocenters. The van der Waals surface area contributed by atoms with Crippen LogP contribution in [0.2, 0.25) is 0 Å². The second-order valence-corrected chi connectivity index (χ2v) is 7.77. The molecule has 2 aliphatic rings. The fraction of sp³-hybridized carbons (Fsp3) is 0.682. The van der Waals surface area contributed by atoms with Crippen LogP contribution in [0.5, 0.6) is 11.5 Å². The Kier molecular flexibility index (Phi) is 9.82. The highest BCUT2D eigenvalue weighted by Crippen LogP contribution is 2.32. The van der Waals surface area contributed by atoms with Crippen LogP contribution in [-0.4, -0.2) is 56.8 Å². The lowest BCUT2D eigenvalue weighted by Gasteiger charge is -2.21. The minimum atomic E-state index is 0. The molecule has 3 rings (SSSR count). The number of guanidine groups is 1. The van der Waals surface area contributed by atoms with Crippen molar-refractivity contribution in [3.63, 3.8) is 0 Å². The molecular formula is C22H37IN4O2. The molecular weight excluding hydrogens is 479 g/mol. The Morgan fingerprint density at radius 2 is 1.90 bits per heavy atom. The van der Waals surface area contributed by atoms with E-state index >= 15 is 0 Å². The van der Waals surface area contributed by atoms with Crippen molar-refractivity contribution in [1.82, 2.24) is 15.5 Å². The summed E-state index contributed by atoms with van der Waals surface area (Å²) in [7, 11) is 1.83. The van der Waals surface area contributed by atoms with Gasteiger partial charge < -0.3 is 25.0 Å². The summed E-state index contributed by atoms with van der Waals surface area (Å²) in [6, 6.07) is 7.13. The van der Waals surface area contributed by atoms with Crippen LogP contribution in [0.25, 0.3) is 0 Å².